The zero-order valence-corrected chi connectivity index (χ0v) is 8.31. The van der Waals surface area contributed by atoms with E-state index in [0.717, 1.165) is 0 Å². The molecule has 0 saturated carbocycles. The van der Waals surface area contributed by atoms with Gasteiger partial charge in [-0.1, -0.05) is 52.4 Å². The summed E-state index contributed by atoms with van der Waals surface area (Å²) in [7, 11) is 0. The molecule has 0 aliphatic rings. The van der Waals surface area contributed by atoms with E-state index in [-0.39, 0.29) is 0 Å². The van der Waals surface area contributed by atoms with E-state index >= 15 is 0 Å². The molecule has 0 radical (unpaired) electrons. The molecule has 0 saturated heterocycles. The first kappa shape index (κ1) is 13.8. The first-order valence-corrected chi connectivity index (χ1v) is 4.70. The van der Waals surface area contributed by atoms with Gasteiger partial charge in [-0.25, -0.2) is 4.79 Å². The summed E-state index contributed by atoms with van der Waals surface area (Å²) in [6, 6.07) is -0.833. The fraction of sp³-hybridized carbons (Fsp3) is 0.889. The molecule has 2 amide bonds. The maximum Gasteiger partial charge on any atom is 0.309 e. The molecule has 0 atom stereocenters. The third-order valence-corrected chi connectivity index (χ3v) is 1.46. The Labute approximate surface area is 75.5 Å². The predicted molar refractivity (Wildman–Crippen MR) is 52.8 cm³/mol. The molecule has 0 unspecified atom stereocenters. The largest absolute Gasteiger partial charge is 0.352 e. The minimum absolute atomic E-state index is 0.833. The van der Waals surface area contributed by atoms with Gasteiger partial charge in [0.2, 0.25) is 0 Å². The number of amides is 2. The molecule has 74 valence electrons. The SMILES string of the molecule is CCCCCCCC.NC(N)=O. The van der Waals surface area contributed by atoms with Crippen LogP contribution in [-0.4, -0.2) is 6.03 Å². The zero-order valence-electron chi connectivity index (χ0n) is 8.31. The van der Waals surface area contributed by atoms with Gasteiger partial charge in [-0.15, -0.1) is 0 Å². The normalized spacial score (nSPS) is 8.50. The van der Waals surface area contributed by atoms with E-state index in [1.165, 1.54) is 38.5 Å². The Kier molecular flexibility index (Phi) is 14.9. The van der Waals surface area contributed by atoms with Crippen molar-refractivity contribution in [1.82, 2.24) is 0 Å². The average molecular weight is 174 g/mol. The fourth-order valence-corrected chi connectivity index (χ4v) is 0.854. The van der Waals surface area contributed by atoms with Crippen LogP contribution in [0.15, 0.2) is 0 Å². The highest BCUT2D eigenvalue weighted by Crippen LogP contribution is 2.03. The third kappa shape index (κ3) is 34.8. The molecule has 0 rings (SSSR count). The van der Waals surface area contributed by atoms with Crippen molar-refractivity contribution in [3.63, 3.8) is 0 Å². The van der Waals surface area contributed by atoms with E-state index in [2.05, 4.69) is 25.3 Å². The lowest BCUT2D eigenvalue weighted by molar-refractivity contribution is 0.256. The molecule has 0 spiro atoms. The predicted octanol–water partition coefficient (Wildman–Crippen LogP) is 2.39. The maximum absolute atomic E-state index is 9.00. The van der Waals surface area contributed by atoms with Crippen LogP contribution in [0.25, 0.3) is 0 Å². The van der Waals surface area contributed by atoms with Gasteiger partial charge in [-0.05, 0) is 0 Å². The van der Waals surface area contributed by atoms with Crippen LogP contribution in [0.5, 0.6) is 0 Å². The van der Waals surface area contributed by atoms with Crippen LogP contribution in [-0.2, 0) is 0 Å². The lowest BCUT2D eigenvalue weighted by Gasteiger charge is -1.93. The van der Waals surface area contributed by atoms with Crippen LogP contribution >= 0.6 is 0 Å². The summed E-state index contributed by atoms with van der Waals surface area (Å²) >= 11 is 0. The van der Waals surface area contributed by atoms with Crippen molar-refractivity contribution >= 4 is 6.03 Å². The molecule has 0 fully saturated rings. The fourth-order valence-electron chi connectivity index (χ4n) is 0.854. The minimum atomic E-state index is -0.833. The van der Waals surface area contributed by atoms with Gasteiger partial charge in [0.25, 0.3) is 0 Å². The highest BCUT2D eigenvalue weighted by Gasteiger charge is 1.83. The van der Waals surface area contributed by atoms with Gasteiger partial charge in [0.05, 0.1) is 0 Å². The van der Waals surface area contributed by atoms with Crippen LogP contribution < -0.4 is 11.5 Å². The summed E-state index contributed by atoms with van der Waals surface area (Å²) in [5, 5.41) is 0. The Hall–Kier alpha value is -0.730. The molecule has 0 heterocycles. The highest BCUT2D eigenvalue weighted by atomic mass is 16.2. The van der Waals surface area contributed by atoms with Crippen LogP contribution in [0.1, 0.15) is 52.4 Å². The van der Waals surface area contributed by atoms with Gasteiger partial charge in [0.15, 0.2) is 0 Å². The summed E-state index contributed by atoms with van der Waals surface area (Å²) in [6.45, 7) is 4.51. The maximum atomic E-state index is 9.00. The van der Waals surface area contributed by atoms with Gasteiger partial charge in [0.1, 0.15) is 0 Å². The number of hydrogen-bond donors (Lipinski definition) is 2. The van der Waals surface area contributed by atoms with Gasteiger partial charge in [-0.3, -0.25) is 0 Å². The van der Waals surface area contributed by atoms with Crippen molar-refractivity contribution < 1.29 is 4.79 Å². The monoisotopic (exact) mass is 174 g/mol. The topological polar surface area (TPSA) is 69.1 Å². The van der Waals surface area contributed by atoms with E-state index < -0.39 is 6.03 Å². The van der Waals surface area contributed by atoms with Crippen LogP contribution in [0.3, 0.4) is 0 Å². The number of unbranched alkanes of at least 4 members (excludes halogenated alkanes) is 5. The third-order valence-electron chi connectivity index (χ3n) is 1.46. The van der Waals surface area contributed by atoms with Crippen molar-refractivity contribution in [3.8, 4) is 0 Å². The summed E-state index contributed by atoms with van der Waals surface area (Å²) < 4.78 is 0. The lowest BCUT2D eigenvalue weighted by atomic mass is 10.1. The van der Waals surface area contributed by atoms with Crippen LogP contribution in [0, 0.1) is 0 Å². The summed E-state index contributed by atoms with van der Waals surface area (Å²) in [5.41, 5.74) is 8.50. The Bertz CT molecular complexity index is 84.5. The van der Waals surface area contributed by atoms with Crippen LogP contribution in [0.4, 0.5) is 4.79 Å². The quantitative estimate of drug-likeness (QED) is 0.617. The minimum Gasteiger partial charge on any atom is -0.352 e. The van der Waals surface area contributed by atoms with Crippen molar-refractivity contribution in [2.45, 2.75) is 52.4 Å². The van der Waals surface area contributed by atoms with Crippen molar-refractivity contribution in [2.24, 2.45) is 11.5 Å². The molecule has 3 nitrogen and oxygen atoms in total. The van der Waals surface area contributed by atoms with E-state index in [0.29, 0.717) is 0 Å². The van der Waals surface area contributed by atoms with Crippen molar-refractivity contribution in [2.75, 3.05) is 0 Å². The van der Waals surface area contributed by atoms with E-state index in [4.69, 9.17) is 4.79 Å². The molecule has 0 bridgehead atoms. The molecular weight excluding hydrogens is 152 g/mol. The van der Waals surface area contributed by atoms with Crippen molar-refractivity contribution in [3.05, 3.63) is 0 Å². The number of nitrogens with two attached hydrogens (primary N) is 2. The number of rotatable bonds is 5. The van der Waals surface area contributed by atoms with Crippen LogP contribution in [0.2, 0.25) is 0 Å². The molecule has 4 N–H and O–H groups in total. The molecule has 0 aliphatic heterocycles. The highest BCUT2D eigenvalue weighted by molar-refractivity contribution is 5.69. The van der Waals surface area contributed by atoms with Gasteiger partial charge in [-0.2, -0.15) is 0 Å². The molecule has 0 aliphatic carbocycles. The Balaban J connectivity index is 0. The molecular formula is C9H22N2O. The van der Waals surface area contributed by atoms with E-state index in [9.17, 15) is 0 Å². The number of carbonyl (C=O) groups excluding carboxylic acids is 1. The van der Waals surface area contributed by atoms with Gasteiger partial charge < -0.3 is 11.5 Å². The number of urea groups is 1. The smallest absolute Gasteiger partial charge is 0.309 e. The van der Waals surface area contributed by atoms with Gasteiger partial charge >= 0.3 is 6.03 Å². The Morgan fingerprint density at radius 1 is 0.917 bits per heavy atom. The lowest BCUT2D eigenvalue weighted by Crippen LogP contribution is -2.18. The summed E-state index contributed by atoms with van der Waals surface area (Å²) in [5.74, 6) is 0. The standard InChI is InChI=1S/C8H18.CH4N2O/c1-3-5-7-8-6-4-2;2-1(3)4/h3-8H2,1-2H3;(H4,2,3,4). The molecule has 3 heteroatoms. The second kappa shape index (κ2) is 12.9. The summed E-state index contributed by atoms with van der Waals surface area (Å²) in [6.07, 6.45) is 8.49. The van der Waals surface area contributed by atoms with E-state index in [1.54, 1.807) is 0 Å². The molecule has 0 aromatic rings. The molecule has 12 heavy (non-hydrogen) atoms. The number of carbonyl (C=O) groups is 1. The average Bonchev–Trinajstić information content (AvgIpc) is 1.97. The van der Waals surface area contributed by atoms with Gasteiger partial charge in [0, 0.05) is 0 Å². The second-order valence-electron chi connectivity index (χ2n) is 2.82. The van der Waals surface area contributed by atoms with Crippen molar-refractivity contribution in [1.29, 1.82) is 0 Å². The first-order valence-electron chi connectivity index (χ1n) is 4.70. The molecule has 0 aromatic carbocycles. The number of hydrogen-bond acceptors (Lipinski definition) is 1. The summed E-state index contributed by atoms with van der Waals surface area (Å²) in [4.78, 5) is 9.00. The Morgan fingerprint density at radius 2 is 1.17 bits per heavy atom. The second-order valence-corrected chi connectivity index (χ2v) is 2.82. The Morgan fingerprint density at radius 3 is 1.33 bits per heavy atom. The zero-order chi connectivity index (χ0) is 9.82. The van der Waals surface area contributed by atoms with E-state index in [1.807, 2.05) is 0 Å². The number of primary amides is 2. The molecule has 0 aromatic heterocycles. The first-order chi connectivity index (χ1) is 5.65.